The lowest BCUT2D eigenvalue weighted by Gasteiger charge is -2.27. The molecule has 0 aromatic heterocycles. The minimum absolute atomic E-state index is 0.353. The van der Waals surface area contributed by atoms with E-state index < -0.39 is 0 Å². The van der Waals surface area contributed by atoms with Crippen LogP contribution in [0.25, 0.3) is 0 Å². The Morgan fingerprint density at radius 2 is 2.05 bits per heavy atom. The topological polar surface area (TPSA) is 42.3 Å². The smallest absolute Gasteiger partial charge is 0.103 e. The van der Waals surface area contributed by atoms with Crippen LogP contribution in [0, 0.1) is 11.3 Å². The van der Waals surface area contributed by atoms with Gasteiger partial charge in [-0.05, 0) is 65.3 Å². The first-order valence-electron chi connectivity index (χ1n) is 8.71. The van der Waals surface area contributed by atoms with Gasteiger partial charge in [-0.3, -0.25) is 10.2 Å². The maximum Gasteiger partial charge on any atom is 0.103 e. The first-order chi connectivity index (χ1) is 10.1. The zero-order valence-corrected chi connectivity index (χ0v) is 14.5. The van der Waals surface area contributed by atoms with Crippen LogP contribution in [0.4, 0.5) is 0 Å². The standard InChI is InChI=1S/C17H34N4/c1-5-11-19-17(4,15-18)10-8-12-20-13-9-16(14-20)21(6-2)7-3/h16,19H,5-14H2,1-4H3. The monoisotopic (exact) mass is 294 g/mol. The highest BCUT2D eigenvalue weighted by molar-refractivity contribution is 5.03. The minimum atomic E-state index is -0.353. The van der Waals surface area contributed by atoms with Crippen LogP contribution < -0.4 is 5.32 Å². The Labute approximate surface area is 131 Å². The first kappa shape index (κ1) is 18.4. The molecule has 0 aromatic carbocycles. The molecule has 1 rings (SSSR count). The van der Waals surface area contributed by atoms with Crippen LogP contribution in [0.2, 0.25) is 0 Å². The largest absolute Gasteiger partial charge is 0.302 e. The Hall–Kier alpha value is -0.630. The number of likely N-dealkylation sites (tertiary alicyclic amines) is 1. The van der Waals surface area contributed by atoms with E-state index in [1.807, 2.05) is 6.92 Å². The number of likely N-dealkylation sites (N-methyl/N-ethyl adjacent to an activating group) is 1. The molecule has 0 aliphatic carbocycles. The molecule has 1 aliphatic rings. The third kappa shape index (κ3) is 5.94. The van der Waals surface area contributed by atoms with E-state index in [1.165, 1.54) is 19.5 Å². The molecule has 0 radical (unpaired) electrons. The summed E-state index contributed by atoms with van der Waals surface area (Å²) in [6, 6.07) is 3.18. The second-order valence-corrected chi connectivity index (χ2v) is 6.44. The normalized spacial score (nSPS) is 22.4. The molecule has 1 aliphatic heterocycles. The third-order valence-corrected chi connectivity index (χ3v) is 4.74. The fourth-order valence-electron chi connectivity index (χ4n) is 3.29. The molecule has 0 amide bonds. The van der Waals surface area contributed by atoms with Gasteiger partial charge in [0.05, 0.1) is 6.07 Å². The molecular weight excluding hydrogens is 260 g/mol. The van der Waals surface area contributed by atoms with Crippen molar-refractivity contribution in [3.8, 4) is 6.07 Å². The Balaban J connectivity index is 2.29. The van der Waals surface area contributed by atoms with Crippen molar-refractivity contribution in [1.29, 1.82) is 5.26 Å². The molecule has 1 fully saturated rings. The number of nitrogens with one attached hydrogen (secondary N) is 1. The summed E-state index contributed by atoms with van der Waals surface area (Å²) in [5.41, 5.74) is -0.353. The molecule has 4 nitrogen and oxygen atoms in total. The van der Waals surface area contributed by atoms with Crippen LogP contribution in [0.3, 0.4) is 0 Å². The summed E-state index contributed by atoms with van der Waals surface area (Å²) in [4.78, 5) is 5.14. The maximum atomic E-state index is 9.35. The van der Waals surface area contributed by atoms with E-state index >= 15 is 0 Å². The van der Waals surface area contributed by atoms with Crippen molar-refractivity contribution < 1.29 is 0 Å². The number of nitriles is 1. The average Bonchev–Trinajstić information content (AvgIpc) is 2.95. The van der Waals surface area contributed by atoms with Gasteiger partial charge in [0.25, 0.3) is 0 Å². The lowest BCUT2D eigenvalue weighted by atomic mass is 9.97. The summed E-state index contributed by atoms with van der Waals surface area (Å²) in [6.45, 7) is 15.5. The Morgan fingerprint density at radius 1 is 1.33 bits per heavy atom. The van der Waals surface area contributed by atoms with Crippen molar-refractivity contribution >= 4 is 0 Å². The van der Waals surface area contributed by atoms with Crippen molar-refractivity contribution in [2.45, 2.75) is 65.0 Å². The predicted octanol–water partition coefficient (Wildman–Crippen LogP) is 2.46. The van der Waals surface area contributed by atoms with Crippen LogP contribution in [0.5, 0.6) is 0 Å². The van der Waals surface area contributed by atoms with Gasteiger partial charge in [0, 0.05) is 12.6 Å². The van der Waals surface area contributed by atoms with Crippen LogP contribution in [-0.2, 0) is 0 Å². The molecule has 1 saturated heterocycles. The lowest BCUT2D eigenvalue weighted by molar-refractivity contribution is 0.208. The van der Waals surface area contributed by atoms with Crippen molar-refractivity contribution in [3.63, 3.8) is 0 Å². The van der Waals surface area contributed by atoms with Gasteiger partial charge in [-0.15, -0.1) is 0 Å². The third-order valence-electron chi connectivity index (χ3n) is 4.74. The van der Waals surface area contributed by atoms with Crippen LogP contribution in [0.1, 0.15) is 53.4 Å². The molecule has 21 heavy (non-hydrogen) atoms. The van der Waals surface area contributed by atoms with Crippen molar-refractivity contribution in [2.24, 2.45) is 0 Å². The zero-order valence-electron chi connectivity index (χ0n) is 14.5. The van der Waals surface area contributed by atoms with Crippen LogP contribution in [0.15, 0.2) is 0 Å². The highest BCUT2D eigenvalue weighted by atomic mass is 15.2. The summed E-state index contributed by atoms with van der Waals surface area (Å²) >= 11 is 0. The van der Waals surface area contributed by atoms with E-state index in [0.717, 1.165) is 51.5 Å². The quantitative estimate of drug-likeness (QED) is 0.672. The lowest BCUT2D eigenvalue weighted by Crippen LogP contribution is -2.42. The van der Waals surface area contributed by atoms with Gasteiger partial charge in [0.15, 0.2) is 0 Å². The molecule has 2 unspecified atom stereocenters. The number of rotatable bonds is 10. The van der Waals surface area contributed by atoms with E-state index in [1.54, 1.807) is 0 Å². The number of nitrogens with zero attached hydrogens (tertiary/aromatic N) is 3. The molecule has 0 saturated carbocycles. The molecule has 0 bridgehead atoms. The second-order valence-electron chi connectivity index (χ2n) is 6.44. The maximum absolute atomic E-state index is 9.35. The van der Waals surface area contributed by atoms with Crippen molar-refractivity contribution in [3.05, 3.63) is 0 Å². The molecule has 1 N–H and O–H groups in total. The summed E-state index contributed by atoms with van der Waals surface area (Å²) in [5.74, 6) is 0. The summed E-state index contributed by atoms with van der Waals surface area (Å²) < 4.78 is 0. The van der Waals surface area contributed by atoms with Gasteiger partial charge in [0.2, 0.25) is 0 Å². The molecule has 0 spiro atoms. The second kappa shape index (κ2) is 9.40. The molecule has 0 aromatic rings. The average molecular weight is 294 g/mol. The van der Waals surface area contributed by atoms with E-state index in [-0.39, 0.29) is 5.54 Å². The molecule has 4 heteroatoms. The van der Waals surface area contributed by atoms with Gasteiger partial charge < -0.3 is 4.90 Å². The highest BCUT2D eigenvalue weighted by Gasteiger charge is 2.27. The fraction of sp³-hybridized carbons (Fsp3) is 0.941. The van der Waals surface area contributed by atoms with E-state index in [9.17, 15) is 5.26 Å². The highest BCUT2D eigenvalue weighted by Crippen LogP contribution is 2.18. The van der Waals surface area contributed by atoms with E-state index in [4.69, 9.17) is 0 Å². The Bertz CT molecular complexity index is 321. The molecule has 1 heterocycles. The number of hydrogen-bond acceptors (Lipinski definition) is 4. The fourth-order valence-corrected chi connectivity index (χ4v) is 3.29. The molecule has 2 atom stereocenters. The summed E-state index contributed by atoms with van der Waals surface area (Å²) in [5, 5.41) is 12.7. The van der Waals surface area contributed by atoms with Crippen molar-refractivity contribution in [2.75, 3.05) is 39.3 Å². The minimum Gasteiger partial charge on any atom is -0.302 e. The van der Waals surface area contributed by atoms with Gasteiger partial charge in [-0.2, -0.15) is 5.26 Å². The summed E-state index contributed by atoms with van der Waals surface area (Å²) in [6.07, 6.45) is 4.42. The van der Waals surface area contributed by atoms with Crippen molar-refractivity contribution in [1.82, 2.24) is 15.1 Å². The predicted molar refractivity (Wildman–Crippen MR) is 89.3 cm³/mol. The van der Waals surface area contributed by atoms with E-state index in [0.29, 0.717) is 0 Å². The zero-order chi connectivity index (χ0) is 15.7. The van der Waals surface area contributed by atoms with E-state index in [2.05, 4.69) is 42.0 Å². The van der Waals surface area contributed by atoms with Gasteiger partial charge in [0.1, 0.15) is 5.54 Å². The van der Waals surface area contributed by atoms with Crippen LogP contribution in [-0.4, -0.2) is 60.6 Å². The van der Waals surface area contributed by atoms with Crippen LogP contribution >= 0.6 is 0 Å². The van der Waals surface area contributed by atoms with Gasteiger partial charge in [-0.25, -0.2) is 0 Å². The Kier molecular flexibility index (Phi) is 8.24. The number of hydrogen-bond donors (Lipinski definition) is 1. The van der Waals surface area contributed by atoms with Gasteiger partial charge in [-0.1, -0.05) is 20.8 Å². The molecular formula is C17H34N4. The SMILES string of the molecule is CCCNC(C)(C#N)CCCN1CCC(N(CC)CC)C1. The summed E-state index contributed by atoms with van der Waals surface area (Å²) in [7, 11) is 0. The Morgan fingerprint density at radius 3 is 2.62 bits per heavy atom. The molecule has 122 valence electrons. The van der Waals surface area contributed by atoms with Gasteiger partial charge >= 0.3 is 0 Å². The first-order valence-corrected chi connectivity index (χ1v) is 8.71.